The number of fused-ring (bicyclic) bond motifs is 2. The molecule has 4 atom stereocenters. The van der Waals surface area contributed by atoms with Gasteiger partial charge in [0.25, 0.3) is 0 Å². The fourth-order valence-electron chi connectivity index (χ4n) is 2.96. The first-order chi connectivity index (χ1) is 7.86. The van der Waals surface area contributed by atoms with Crippen LogP contribution in [0, 0.1) is 0 Å². The second-order valence-electron chi connectivity index (χ2n) is 4.86. The van der Waals surface area contributed by atoms with Crippen LogP contribution in [0.4, 0.5) is 0 Å². The molecule has 88 valence electrons. The Morgan fingerprint density at radius 1 is 1.50 bits per heavy atom. The summed E-state index contributed by atoms with van der Waals surface area (Å²) in [6, 6.07) is 4.86. The quantitative estimate of drug-likeness (QED) is 0.848. The van der Waals surface area contributed by atoms with Gasteiger partial charge in [-0.3, -0.25) is 0 Å². The third-order valence-electron chi connectivity index (χ3n) is 3.82. The summed E-state index contributed by atoms with van der Waals surface area (Å²) in [7, 11) is 0. The van der Waals surface area contributed by atoms with Crippen molar-refractivity contribution in [2.45, 2.75) is 56.9 Å². The lowest BCUT2D eigenvalue weighted by Crippen LogP contribution is -2.39. The number of hydrogen-bond donors (Lipinski definition) is 1. The van der Waals surface area contributed by atoms with E-state index in [1.165, 1.54) is 19.3 Å². The summed E-state index contributed by atoms with van der Waals surface area (Å²) in [6.07, 6.45) is 7.39. The second-order valence-corrected chi connectivity index (χ2v) is 4.86. The van der Waals surface area contributed by atoms with E-state index in [-0.39, 0.29) is 0 Å². The zero-order chi connectivity index (χ0) is 11.0. The maximum Gasteiger partial charge on any atom is 0.120 e. The first-order valence-electron chi connectivity index (χ1n) is 6.31. The summed E-state index contributed by atoms with van der Waals surface area (Å²) in [5.41, 5.74) is 0. The van der Waals surface area contributed by atoms with Crippen LogP contribution < -0.4 is 5.32 Å². The average Bonchev–Trinajstić information content (AvgIpc) is 3.01. The number of nitrogens with one attached hydrogen (secondary N) is 1. The van der Waals surface area contributed by atoms with Gasteiger partial charge in [0.2, 0.25) is 0 Å². The molecule has 2 saturated heterocycles. The third kappa shape index (κ3) is 1.78. The third-order valence-corrected chi connectivity index (χ3v) is 3.82. The van der Waals surface area contributed by atoms with E-state index in [1.54, 1.807) is 6.26 Å². The van der Waals surface area contributed by atoms with E-state index in [0.29, 0.717) is 24.3 Å². The first-order valence-corrected chi connectivity index (χ1v) is 6.31. The van der Waals surface area contributed by atoms with Crippen molar-refractivity contribution in [1.82, 2.24) is 5.32 Å². The fourth-order valence-corrected chi connectivity index (χ4v) is 2.96. The van der Waals surface area contributed by atoms with Crippen molar-refractivity contribution in [1.29, 1.82) is 0 Å². The van der Waals surface area contributed by atoms with Crippen LogP contribution in [0.5, 0.6) is 0 Å². The van der Waals surface area contributed by atoms with Crippen LogP contribution >= 0.6 is 0 Å². The summed E-state index contributed by atoms with van der Waals surface area (Å²) in [4.78, 5) is 0. The number of ether oxygens (including phenoxy) is 1. The van der Waals surface area contributed by atoms with Crippen molar-refractivity contribution in [3.05, 3.63) is 24.2 Å². The molecule has 0 spiro atoms. The van der Waals surface area contributed by atoms with Crippen molar-refractivity contribution >= 4 is 0 Å². The molecule has 2 aliphatic rings. The molecule has 3 nitrogen and oxygen atoms in total. The summed E-state index contributed by atoms with van der Waals surface area (Å²) >= 11 is 0. The summed E-state index contributed by atoms with van der Waals surface area (Å²) < 4.78 is 11.3. The first kappa shape index (κ1) is 10.4. The van der Waals surface area contributed by atoms with Gasteiger partial charge in [0.15, 0.2) is 0 Å². The summed E-state index contributed by atoms with van der Waals surface area (Å²) in [5, 5.41) is 3.68. The highest BCUT2D eigenvalue weighted by Gasteiger charge is 2.41. The van der Waals surface area contributed by atoms with Crippen LogP contribution in [0.15, 0.2) is 22.8 Å². The Hall–Kier alpha value is -0.800. The molecular weight excluding hydrogens is 202 g/mol. The van der Waals surface area contributed by atoms with Crippen LogP contribution in [-0.4, -0.2) is 18.2 Å². The van der Waals surface area contributed by atoms with E-state index in [0.717, 1.165) is 12.2 Å². The highest BCUT2D eigenvalue weighted by Crippen LogP contribution is 2.35. The monoisotopic (exact) mass is 221 g/mol. The lowest BCUT2D eigenvalue weighted by atomic mass is 9.94. The molecule has 2 bridgehead atoms. The van der Waals surface area contributed by atoms with E-state index in [2.05, 4.69) is 18.3 Å². The van der Waals surface area contributed by atoms with Crippen LogP contribution in [-0.2, 0) is 4.74 Å². The molecule has 0 radical (unpaired) electrons. The minimum absolute atomic E-state index is 0.336. The van der Waals surface area contributed by atoms with Crippen molar-refractivity contribution < 1.29 is 9.15 Å². The molecular formula is C13H19NO2. The Kier molecular flexibility index (Phi) is 2.74. The highest BCUT2D eigenvalue weighted by atomic mass is 16.5. The largest absolute Gasteiger partial charge is 0.468 e. The molecule has 1 aromatic rings. The van der Waals surface area contributed by atoms with Crippen molar-refractivity contribution in [3.8, 4) is 0 Å². The molecule has 0 aromatic carbocycles. The second kappa shape index (κ2) is 4.22. The number of rotatable bonds is 4. The molecule has 4 unspecified atom stereocenters. The Morgan fingerprint density at radius 2 is 2.44 bits per heavy atom. The van der Waals surface area contributed by atoms with E-state index in [4.69, 9.17) is 9.15 Å². The minimum atomic E-state index is 0.336. The van der Waals surface area contributed by atoms with Crippen LogP contribution in [0.3, 0.4) is 0 Å². The molecule has 1 N–H and O–H groups in total. The zero-order valence-electron chi connectivity index (χ0n) is 9.69. The minimum Gasteiger partial charge on any atom is -0.468 e. The average molecular weight is 221 g/mol. The molecule has 2 fully saturated rings. The Labute approximate surface area is 96.2 Å². The van der Waals surface area contributed by atoms with Gasteiger partial charge in [-0.25, -0.2) is 0 Å². The molecule has 16 heavy (non-hydrogen) atoms. The Morgan fingerprint density at radius 3 is 3.00 bits per heavy atom. The van der Waals surface area contributed by atoms with Crippen molar-refractivity contribution in [3.63, 3.8) is 0 Å². The van der Waals surface area contributed by atoms with Gasteiger partial charge in [-0.05, 0) is 37.8 Å². The topological polar surface area (TPSA) is 34.4 Å². The molecule has 2 aliphatic heterocycles. The van der Waals surface area contributed by atoms with Gasteiger partial charge < -0.3 is 14.5 Å². The summed E-state index contributed by atoms with van der Waals surface area (Å²) in [5.74, 6) is 1.05. The molecule has 3 heterocycles. The molecule has 1 aromatic heterocycles. The molecule has 0 aliphatic carbocycles. The smallest absolute Gasteiger partial charge is 0.120 e. The van der Waals surface area contributed by atoms with E-state index < -0.39 is 0 Å². The molecule has 0 saturated carbocycles. The van der Waals surface area contributed by atoms with Crippen molar-refractivity contribution in [2.24, 2.45) is 0 Å². The normalized spacial score (nSPS) is 34.4. The van der Waals surface area contributed by atoms with Gasteiger partial charge in [0.1, 0.15) is 5.76 Å². The lowest BCUT2D eigenvalue weighted by molar-refractivity contribution is 0.0954. The van der Waals surface area contributed by atoms with Gasteiger partial charge in [0, 0.05) is 6.04 Å². The maximum atomic E-state index is 5.85. The Balaban J connectivity index is 1.65. The lowest BCUT2D eigenvalue weighted by Gasteiger charge is -2.25. The number of furan rings is 1. The van der Waals surface area contributed by atoms with Gasteiger partial charge in [-0.15, -0.1) is 0 Å². The van der Waals surface area contributed by atoms with Gasteiger partial charge in [0.05, 0.1) is 24.5 Å². The highest BCUT2D eigenvalue weighted by molar-refractivity contribution is 5.06. The molecule has 3 rings (SSSR count). The SMILES string of the molecule is CCC(NC1CC2CCC1O2)c1ccco1. The maximum absolute atomic E-state index is 5.85. The summed E-state index contributed by atoms with van der Waals surface area (Å²) in [6.45, 7) is 2.19. The molecule has 0 amide bonds. The van der Waals surface area contributed by atoms with Gasteiger partial charge >= 0.3 is 0 Å². The van der Waals surface area contributed by atoms with Gasteiger partial charge in [-0.2, -0.15) is 0 Å². The van der Waals surface area contributed by atoms with Crippen LogP contribution in [0.2, 0.25) is 0 Å². The van der Waals surface area contributed by atoms with E-state index in [9.17, 15) is 0 Å². The zero-order valence-corrected chi connectivity index (χ0v) is 9.69. The van der Waals surface area contributed by atoms with Crippen molar-refractivity contribution in [2.75, 3.05) is 0 Å². The van der Waals surface area contributed by atoms with E-state index >= 15 is 0 Å². The number of hydrogen-bond acceptors (Lipinski definition) is 3. The predicted molar refractivity (Wildman–Crippen MR) is 61.2 cm³/mol. The Bertz CT molecular complexity index is 336. The fraction of sp³-hybridized carbons (Fsp3) is 0.692. The van der Waals surface area contributed by atoms with Crippen LogP contribution in [0.25, 0.3) is 0 Å². The standard InChI is InChI=1S/C13H19NO2/c1-2-10(12-4-3-7-15-12)14-11-8-9-5-6-13(11)16-9/h3-4,7,9-11,13-14H,2,5-6,8H2,1H3. The predicted octanol–water partition coefficient (Wildman–Crippen LogP) is 2.64. The van der Waals surface area contributed by atoms with Crippen LogP contribution in [0.1, 0.15) is 44.4 Å². The van der Waals surface area contributed by atoms with E-state index in [1.807, 2.05) is 6.07 Å². The van der Waals surface area contributed by atoms with Gasteiger partial charge in [-0.1, -0.05) is 6.92 Å². The molecule has 3 heteroatoms.